The van der Waals surface area contributed by atoms with Crippen LogP contribution < -0.4 is 0 Å². The number of likely N-dealkylation sites (tertiary alicyclic amines) is 1. The van der Waals surface area contributed by atoms with E-state index in [0.717, 1.165) is 0 Å². The van der Waals surface area contributed by atoms with E-state index >= 15 is 0 Å². The topological polar surface area (TPSA) is 66.8 Å². The van der Waals surface area contributed by atoms with Gasteiger partial charge in [-0.25, -0.2) is 4.79 Å². The van der Waals surface area contributed by atoms with Gasteiger partial charge in [0.25, 0.3) is 5.91 Å². The Hall–Kier alpha value is -0.950. The number of thioether (sulfide) groups is 1. The molecule has 2 atom stereocenters. The van der Waals surface area contributed by atoms with Crippen LogP contribution in [0.5, 0.6) is 0 Å². The first-order chi connectivity index (χ1) is 10.4. The Morgan fingerprint density at radius 1 is 1.36 bits per heavy atom. The number of halogens is 2. The van der Waals surface area contributed by atoms with Gasteiger partial charge in [-0.15, -0.1) is 11.8 Å². The Balaban J connectivity index is 2.36. The maximum atomic E-state index is 12.7. The molecule has 2 unspecified atom stereocenters. The van der Waals surface area contributed by atoms with Gasteiger partial charge in [0, 0.05) is 25.0 Å². The van der Waals surface area contributed by atoms with Crippen LogP contribution in [0.2, 0.25) is 10.0 Å². The molecule has 120 valence electrons. The smallest absolute Gasteiger partial charge is 0.326 e. The van der Waals surface area contributed by atoms with Gasteiger partial charge < -0.3 is 14.7 Å². The number of nitrogens with zero attached hydrogens (tertiary/aromatic N) is 1. The number of methoxy groups -OCH3 is 1. The summed E-state index contributed by atoms with van der Waals surface area (Å²) in [7, 11) is 1.50. The molecule has 22 heavy (non-hydrogen) atoms. The van der Waals surface area contributed by atoms with Crippen LogP contribution in [0.25, 0.3) is 0 Å². The van der Waals surface area contributed by atoms with Crippen LogP contribution in [-0.2, 0) is 9.53 Å². The average Bonchev–Trinajstić information content (AvgIpc) is 2.91. The molecule has 1 aliphatic heterocycles. The predicted octanol–water partition coefficient (Wildman–Crippen LogP) is 3.03. The van der Waals surface area contributed by atoms with Crippen molar-refractivity contribution < 1.29 is 19.4 Å². The third-order valence-electron chi connectivity index (χ3n) is 3.61. The lowest BCUT2D eigenvalue weighted by atomic mass is 10.1. The highest BCUT2D eigenvalue weighted by Gasteiger charge is 2.40. The van der Waals surface area contributed by atoms with Crippen LogP contribution in [0, 0.1) is 0 Å². The molecule has 0 aliphatic carbocycles. The first-order valence-electron chi connectivity index (χ1n) is 6.48. The molecule has 0 spiro atoms. The number of hydrogen-bond acceptors (Lipinski definition) is 4. The van der Waals surface area contributed by atoms with E-state index in [1.807, 2.05) is 6.26 Å². The Kier molecular flexibility index (Phi) is 5.60. The molecule has 1 saturated heterocycles. The lowest BCUT2D eigenvalue weighted by Gasteiger charge is -2.22. The van der Waals surface area contributed by atoms with Crippen molar-refractivity contribution in [2.45, 2.75) is 23.5 Å². The maximum absolute atomic E-state index is 12.7. The first-order valence-corrected chi connectivity index (χ1v) is 8.46. The number of hydrogen-bond donors (Lipinski definition) is 1. The number of amides is 1. The molecule has 1 heterocycles. The second-order valence-corrected chi connectivity index (χ2v) is 6.53. The van der Waals surface area contributed by atoms with Crippen LogP contribution in [0.4, 0.5) is 0 Å². The van der Waals surface area contributed by atoms with Crippen LogP contribution in [0.1, 0.15) is 16.8 Å². The van der Waals surface area contributed by atoms with Crippen molar-refractivity contribution >= 4 is 46.8 Å². The summed E-state index contributed by atoms with van der Waals surface area (Å²) in [6.45, 7) is 0.222. The largest absolute Gasteiger partial charge is 0.480 e. The van der Waals surface area contributed by atoms with Gasteiger partial charge in [-0.05, 0) is 18.4 Å². The molecule has 0 radical (unpaired) electrons. The molecule has 2 rings (SSSR count). The summed E-state index contributed by atoms with van der Waals surface area (Å²) in [6.07, 6.45) is 1.80. The second-order valence-electron chi connectivity index (χ2n) is 4.87. The molecule has 1 fully saturated rings. The average molecular weight is 364 g/mol. The number of ether oxygens (including phenoxy) is 1. The molecule has 1 aromatic rings. The predicted molar refractivity (Wildman–Crippen MR) is 86.1 cm³/mol. The molecule has 0 aromatic heterocycles. The summed E-state index contributed by atoms with van der Waals surface area (Å²) in [6, 6.07) is 2.18. The number of carboxylic acids is 1. The van der Waals surface area contributed by atoms with E-state index in [9.17, 15) is 14.7 Å². The van der Waals surface area contributed by atoms with Gasteiger partial charge in [0.15, 0.2) is 0 Å². The quantitative estimate of drug-likeness (QED) is 0.832. The highest BCUT2D eigenvalue weighted by atomic mass is 35.5. The van der Waals surface area contributed by atoms with E-state index in [2.05, 4.69) is 0 Å². The third kappa shape index (κ3) is 3.35. The zero-order chi connectivity index (χ0) is 16.4. The summed E-state index contributed by atoms with van der Waals surface area (Å²) in [5.74, 6) is -1.48. The summed E-state index contributed by atoms with van der Waals surface area (Å²) in [4.78, 5) is 26.1. The van der Waals surface area contributed by atoms with Crippen LogP contribution >= 0.6 is 35.0 Å². The van der Waals surface area contributed by atoms with Gasteiger partial charge in [0.2, 0.25) is 0 Å². The fraction of sp³-hybridized carbons (Fsp3) is 0.429. The van der Waals surface area contributed by atoms with E-state index < -0.39 is 17.9 Å². The van der Waals surface area contributed by atoms with Crippen LogP contribution in [-0.4, -0.2) is 53.9 Å². The van der Waals surface area contributed by atoms with E-state index in [4.69, 9.17) is 27.9 Å². The van der Waals surface area contributed by atoms with Crippen molar-refractivity contribution in [1.82, 2.24) is 4.90 Å². The normalized spacial score (nSPS) is 21.2. The fourth-order valence-electron chi connectivity index (χ4n) is 2.43. The molecular formula is C14H15Cl2NO4S. The molecule has 1 N–H and O–H groups in total. The molecule has 8 heteroatoms. The van der Waals surface area contributed by atoms with Crippen molar-refractivity contribution in [3.05, 3.63) is 27.7 Å². The minimum atomic E-state index is -1.05. The summed E-state index contributed by atoms with van der Waals surface area (Å²) in [5, 5.41) is 9.96. The molecule has 0 bridgehead atoms. The van der Waals surface area contributed by atoms with Crippen molar-refractivity contribution in [3.63, 3.8) is 0 Å². The number of aliphatic carboxylic acids is 1. The lowest BCUT2D eigenvalue weighted by Crippen LogP contribution is -2.40. The lowest BCUT2D eigenvalue weighted by molar-refractivity contribution is -0.141. The number of carbonyl (C=O) groups excluding carboxylic acids is 1. The Morgan fingerprint density at radius 3 is 2.59 bits per heavy atom. The molecule has 0 saturated carbocycles. The minimum Gasteiger partial charge on any atom is -0.480 e. The number of carboxylic acid groups (broad SMARTS) is 1. The van der Waals surface area contributed by atoms with Crippen molar-refractivity contribution in [2.75, 3.05) is 19.9 Å². The zero-order valence-electron chi connectivity index (χ0n) is 12.0. The SMILES string of the molecule is COC1CC(C(=O)O)N(C(=O)c2cc(SC)c(Cl)cc2Cl)C1. The third-order valence-corrected chi connectivity index (χ3v) is 5.13. The summed E-state index contributed by atoms with van der Waals surface area (Å²) < 4.78 is 5.19. The zero-order valence-corrected chi connectivity index (χ0v) is 14.3. The van der Waals surface area contributed by atoms with Gasteiger partial charge in [0.05, 0.1) is 21.7 Å². The highest BCUT2D eigenvalue weighted by Crippen LogP contribution is 2.33. The van der Waals surface area contributed by atoms with Gasteiger partial charge >= 0.3 is 5.97 Å². The molecule has 1 aromatic carbocycles. The van der Waals surface area contributed by atoms with E-state index in [-0.39, 0.29) is 29.7 Å². The van der Waals surface area contributed by atoms with Gasteiger partial charge in [0.1, 0.15) is 6.04 Å². The van der Waals surface area contributed by atoms with E-state index in [0.29, 0.717) is 9.92 Å². The number of benzene rings is 1. The van der Waals surface area contributed by atoms with Crippen LogP contribution in [0.3, 0.4) is 0 Å². The second kappa shape index (κ2) is 7.08. The van der Waals surface area contributed by atoms with Gasteiger partial charge in [-0.1, -0.05) is 23.2 Å². The van der Waals surface area contributed by atoms with Crippen molar-refractivity contribution in [2.24, 2.45) is 0 Å². The molecular weight excluding hydrogens is 349 g/mol. The fourth-order valence-corrected chi connectivity index (χ4v) is 3.62. The number of carbonyl (C=O) groups is 2. The van der Waals surface area contributed by atoms with Crippen LogP contribution in [0.15, 0.2) is 17.0 Å². The summed E-state index contributed by atoms with van der Waals surface area (Å²) >= 11 is 13.5. The molecule has 1 aliphatic rings. The number of rotatable bonds is 4. The Morgan fingerprint density at radius 2 is 2.05 bits per heavy atom. The van der Waals surface area contributed by atoms with Crippen molar-refractivity contribution in [1.29, 1.82) is 0 Å². The summed E-state index contributed by atoms with van der Waals surface area (Å²) in [5.41, 5.74) is 0.249. The van der Waals surface area contributed by atoms with E-state index in [1.165, 1.54) is 29.8 Å². The van der Waals surface area contributed by atoms with Crippen molar-refractivity contribution in [3.8, 4) is 0 Å². The molecule has 1 amide bonds. The van der Waals surface area contributed by atoms with E-state index in [1.54, 1.807) is 6.07 Å². The highest BCUT2D eigenvalue weighted by molar-refractivity contribution is 7.98. The minimum absolute atomic E-state index is 0.206. The molecule has 5 nitrogen and oxygen atoms in total. The maximum Gasteiger partial charge on any atom is 0.326 e. The monoisotopic (exact) mass is 363 g/mol. The van der Waals surface area contributed by atoms with Gasteiger partial charge in [-0.3, -0.25) is 4.79 Å². The Bertz CT molecular complexity index is 611. The van der Waals surface area contributed by atoms with Gasteiger partial charge in [-0.2, -0.15) is 0 Å². The Labute approximate surface area is 142 Å². The standard InChI is InChI=1S/C14H15Cl2NO4S/c1-21-7-3-11(14(19)20)17(6-7)13(18)8-4-12(22-2)10(16)5-9(8)15/h4-5,7,11H,3,6H2,1-2H3,(H,19,20). The first kappa shape index (κ1) is 17.4.